The minimum atomic E-state index is 0.528. The van der Waals surface area contributed by atoms with Crippen LogP contribution < -0.4 is 45.9 Å². The van der Waals surface area contributed by atoms with Crippen molar-refractivity contribution in [2.24, 2.45) is 45.9 Å². The summed E-state index contributed by atoms with van der Waals surface area (Å²) in [6, 6.07) is 18.2. The van der Waals surface area contributed by atoms with Crippen LogP contribution in [0.4, 0.5) is 0 Å². The lowest BCUT2D eigenvalue weighted by Gasteiger charge is -2.09. The molecule has 0 atom stereocenters. The van der Waals surface area contributed by atoms with Crippen LogP contribution in [0, 0.1) is 0 Å². The molecule has 0 aliphatic carbocycles. The number of rotatable bonds is 9. The van der Waals surface area contributed by atoms with Crippen LogP contribution in [0.3, 0.4) is 0 Å². The average molecular weight is 495 g/mol. The van der Waals surface area contributed by atoms with Gasteiger partial charge in [-0.3, -0.25) is 0 Å². The Morgan fingerprint density at radius 3 is 1.28 bits per heavy atom. The van der Waals surface area contributed by atoms with Gasteiger partial charge < -0.3 is 45.9 Å². The lowest BCUT2D eigenvalue weighted by Crippen LogP contribution is -2.08. The third-order valence-corrected chi connectivity index (χ3v) is 5.94. The van der Waals surface area contributed by atoms with Gasteiger partial charge in [0, 0.05) is 52.4 Å². The zero-order valence-electron chi connectivity index (χ0n) is 21.7. The smallest absolute Gasteiger partial charge is 0.0184 e. The largest absolute Gasteiger partial charge is 0.326 e. The van der Waals surface area contributed by atoms with Gasteiger partial charge in [0.15, 0.2) is 0 Å². The molecule has 3 rings (SSSR count). The number of aryl methyl sites for hydroxylation is 1. The number of hydrogen-bond acceptors (Lipinski definition) is 8. The van der Waals surface area contributed by atoms with Gasteiger partial charge in [0.25, 0.3) is 0 Å². The van der Waals surface area contributed by atoms with Crippen LogP contribution >= 0.6 is 0 Å². The first-order valence-electron chi connectivity index (χ1n) is 12.4. The minimum absolute atomic E-state index is 0.528. The van der Waals surface area contributed by atoms with E-state index in [9.17, 15) is 0 Å². The predicted octanol–water partition coefficient (Wildman–Crippen LogP) is 1.29. The number of benzene rings is 3. The molecule has 0 saturated heterocycles. The van der Waals surface area contributed by atoms with Crippen molar-refractivity contribution in [1.29, 1.82) is 0 Å². The Hall–Kier alpha value is -2.66. The fraction of sp³-hybridized carbons (Fsp3) is 0.357. The molecule has 36 heavy (non-hydrogen) atoms. The zero-order chi connectivity index (χ0) is 26.9. The van der Waals surface area contributed by atoms with Crippen molar-refractivity contribution in [2.45, 2.75) is 65.7 Å². The fourth-order valence-electron chi connectivity index (χ4n) is 3.86. The van der Waals surface area contributed by atoms with E-state index in [4.69, 9.17) is 45.9 Å². The number of nitrogens with two attached hydrogens (primary N) is 8. The zero-order valence-corrected chi connectivity index (χ0v) is 21.7. The molecule has 16 N–H and O–H groups in total. The normalized spacial score (nSPS) is 10.2. The molecule has 8 nitrogen and oxygen atoms in total. The highest BCUT2D eigenvalue weighted by Crippen LogP contribution is 2.14. The Kier molecular flexibility index (Phi) is 15.4. The highest BCUT2D eigenvalue weighted by Gasteiger charge is 2.03. The van der Waals surface area contributed by atoms with Crippen LogP contribution in [0.2, 0.25) is 0 Å². The molecule has 3 aromatic rings. The third kappa shape index (κ3) is 9.77. The van der Waals surface area contributed by atoms with E-state index in [1.165, 1.54) is 16.7 Å². The predicted molar refractivity (Wildman–Crippen MR) is 152 cm³/mol. The Bertz CT molecular complexity index is 956. The van der Waals surface area contributed by atoms with Crippen LogP contribution in [0.5, 0.6) is 0 Å². The SMILES string of the molecule is CCc1cccc(CN)c1CN.NCc1cc(CN)cc(CN)c1.NCc1ccc(CN)c(CN)c1. The van der Waals surface area contributed by atoms with Gasteiger partial charge in [-0.25, -0.2) is 0 Å². The lowest BCUT2D eigenvalue weighted by molar-refractivity contribution is 0.941. The van der Waals surface area contributed by atoms with Crippen molar-refractivity contribution in [2.75, 3.05) is 0 Å². The molecule has 198 valence electrons. The molecule has 0 saturated carbocycles. The van der Waals surface area contributed by atoms with Gasteiger partial charge in [0.05, 0.1) is 0 Å². The summed E-state index contributed by atoms with van der Waals surface area (Å²) in [5, 5.41) is 0. The van der Waals surface area contributed by atoms with E-state index in [1.807, 2.05) is 48.5 Å². The van der Waals surface area contributed by atoms with Crippen molar-refractivity contribution >= 4 is 0 Å². The van der Waals surface area contributed by atoms with E-state index >= 15 is 0 Å². The fourth-order valence-corrected chi connectivity index (χ4v) is 3.86. The molecule has 0 unspecified atom stereocenters. The summed E-state index contributed by atoms with van der Waals surface area (Å²) in [6.07, 6.45) is 1.03. The van der Waals surface area contributed by atoms with Gasteiger partial charge in [-0.05, 0) is 56.5 Å². The summed E-state index contributed by atoms with van der Waals surface area (Å²) in [7, 11) is 0. The summed E-state index contributed by atoms with van der Waals surface area (Å²) >= 11 is 0. The minimum Gasteiger partial charge on any atom is -0.326 e. The van der Waals surface area contributed by atoms with Crippen molar-refractivity contribution < 1.29 is 0 Å². The maximum atomic E-state index is 5.65. The Labute approximate surface area is 216 Å². The summed E-state index contributed by atoms with van der Waals surface area (Å²) in [6.45, 7) is 6.56. The second kappa shape index (κ2) is 17.7. The van der Waals surface area contributed by atoms with Gasteiger partial charge in [-0.1, -0.05) is 61.5 Å². The molecule has 0 aliphatic heterocycles. The van der Waals surface area contributed by atoms with Crippen LogP contribution in [0.1, 0.15) is 57.0 Å². The molecular weight excluding hydrogens is 448 g/mol. The third-order valence-electron chi connectivity index (χ3n) is 5.94. The van der Waals surface area contributed by atoms with Crippen LogP contribution in [0.15, 0.2) is 54.6 Å². The second-order valence-electron chi connectivity index (χ2n) is 8.30. The molecule has 0 aromatic heterocycles. The molecule has 0 heterocycles. The maximum absolute atomic E-state index is 5.65. The molecule has 3 aromatic carbocycles. The Morgan fingerprint density at radius 2 is 0.889 bits per heavy atom. The summed E-state index contributed by atoms with van der Waals surface area (Å²) in [5.41, 5.74) is 54.7. The van der Waals surface area contributed by atoms with Gasteiger partial charge in [-0.2, -0.15) is 0 Å². The number of hydrogen-bond donors (Lipinski definition) is 8. The molecule has 0 fully saturated rings. The van der Waals surface area contributed by atoms with E-state index in [1.54, 1.807) is 0 Å². The van der Waals surface area contributed by atoms with Crippen molar-refractivity contribution in [3.05, 3.63) is 105 Å². The maximum Gasteiger partial charge on any atom is 0.0184 e. The first-order chi connectivity index (χ1) is 17.4. The molecule has 0 amide bonds. The van der Waals surface area contributed by atoms with Gasteiger partial charge in [-0.15, -0.1) is 0 Å². The van der Waals surface area contributed by atoms with E-state index in [-0.39, 0.29) is 0 Å². The highest BCUT2D eigenvalue weighted by atomic mass is 14.6. The molecule has 0 aliphatic rings. The lowest BCUT2D eigenvalue weighted by atomic mass is 9.99. The summed E-state index contributed by atoms with van der Waals surface area (Å²) in [4.78, 5) is 0. The first-order valence-corrected chi connectivity index (χ1v) is 12.4. The molecular formula is C28H46N8. The summed E-state index contributed by atoms with van der Waals surface area (Å²) in [5.74, 6) is 0. The standard InChI is InChI=1S/C10H16N2.2C9H15N3/c1-2-8-4-3-5-9(6-11)10(8)7-12;10-4-7-1-8(5-11)3-9(2-7)6-12;10-4-7-1-2-8(5-11)9(3-7)6-12/h3-5H,2,6-7,11-12H2,1H3;2*1-3H,4-6,10-12H2. The summed E-state index contributed by atoms with van der Waals surface area (Å²) < 4.78 is 0. The second-order valence-corrected chi connectivity index (χ2v) is 8.30. The molecule has 0 bridgehead atoms. The van der Waals surface area contributed by atoms with Crippen molar-refractivity contribution in [3.8, 4) is 0 Å². The van der Waals surface area contributed by atoms with Gasteiger partial charge in [0.1, 0.15) is 0 Å². The van der Waals surface area contributed by atoms with E-state index < -0.39 is 0 Å². The highest BCUT2D eigenvalue weighted by molar-refractivity contribution is 5.35. The quantitative estimate of drug-likeness (QED) is 0.217. The molecule has 0 radical (unpaired) electrons. The Balaban J connectivity index is 0.000000270. The van der Waals surface area contributed by atoms with Gasteiger partial charge >= 0.3 is 0 Å². The van der Waals surface area contributed by atoms with Crippen LogP contribution in [-0.2, 0) is 58.8 Å². The van der Waals surface area contributed by atoms with Crippen LogP contribution in [-0.4, -0.2) is 0 Å². The molecule has 0 spiro atoms. The molecule has 8 heteroatoms. The Morgan fingerprint density at radius 1 is 0.417 bits per heavy atom. The van der Waals surface area contributed by atoms with Gasteiger partial charge in [0.2, 0.25) is 0 Å². The van der Waals surface area contributed by atoms with Crippen molar-refractivity contribution in [1.82, 2.24) is 0 Å². The van der Waals surface area contributed by atoms with Crippen LogP contribution in [0.25, 0.3) is 0 Å². The van der Waals surface area contributed by atoms with E-state index in [0.717, 1.165) is 39.8 Å². The first kappa shape index (κ1) is 31.4. The van der Waals surface area contributed by atoms with Crippen molar-refractivity contribution in [3.63, 3.8) is 0 Å². The van der Waals surface area contributed by atoms with E-state index in [0.29, 0.717) is 52.4 Å². The topological polar surface area (TPSA) is 208 Å². The van der Waals surface area contributed by atoms with E-state index in [2.05, 4.69) is 13.0 Å². The monoisotopic (exact) mass is 494 g/mol. The average Bonchev–Trinajstić information content (AvgIpc) is 2.96.